The zero-order valence-electron chi connectivity index (χ0n) is 13.4. The highest BCUT2D eigenvalue weighted by molar-refractivity contribution is 6.30. The molecule has 0 aliphatic heterocycles. The summed E-state index contributed by atoms with van der Waals surface area (Å²) in [6, 6.07) is 8.74. The Balaban J connectivity index is 2.19. The molecule has 0 N–H and O–H groups in total. The van der Waals surface area contributed by atoms with Crippen LogP contribution in [0.2, 0.25) is 5.02 Å². The molecule has 0 radical (unpaired) electrons. The Kier molecular flexibility index (Phi) is 5.89. The molecule has 0 bridgehead atoms. The van der Waals surface area contributed by atoms with Crippen molar-refractivity contribution in [2.45, 2.75) is 26.2 Å². The number of halogens is 4. The summed E-state index contributed by atoms with van der Waals surface area (Å²) in [5.74, 6) is -0.455. The van der Waals surface area contributed by atoms with Gasteiger partial charge in [-0.15, -0.1) is 0 Å². The molecule has 4 nitrogen and oxygen atoms in total. The molecule has 0 aliphatic carbocycles. The molecule has 8 heteroatoms. The minimum absolute atomic E-state index is 0.254. The Hall–Kier alpha value is -2.28. The molecule has 0 saturated heterocycles. The van der Waals surface area contributed by atoms with Crippen molar-refractivity contribution in [3.05, 3.63) is 69.1 Å². The lowest BCUT2D eigenvalue weighted by Crippen LogP contribution is -2.37. The van der Waals surface area contributed by atoms with E-state index in [-0.39, 0.29) is 6.54 Å². The number of carbonyl (C=O) groups is 1. The van der Waals surface area contributed by atoms with E-state index in [0.717, 1.165) is 16.2 Å². The van der Waals surface area contributed by atoms with Crippen LogP contribution in [-0.2, 0) is 24.1 Å². The maximum atomic E-state index is 12.8. The third-order valence-electron chi connectivity index (χ3n) is 3.63. The van der Waals surface area contributed by atoms with Crippen molar-refractivity contribution in [3.63, 3.8) is 0 Å². The topological polar surface area (TPSA) is 42.3 Å². The Morgan fingerprint density at radius 2 is 1.96 bits per heavy atom. The van der Waals surface area contributed by atoms with Gasteiger partial charge in [-0.2, -0.15) is 13.2 Å². The van der Waals surface area contributed by atoms with Crippen LogP contribution >= 0.6 is 11.6 Å². The normalized spacial score (nSPS) is 11.4. The van der Waals surface area contributed by atoms with Crippen LogP contribution in [0.1, 0.15) is 18.1 Å². The first-order valence-corrected chi connectivity index (χ1v) is 7.89. The summed E-state index contributed by atoms with van der Waals surface area (Å²) in [6.07, 6.45) is -3.59. The number of aromatic nitrogens is 1. The number of nitrogens with zero attached hydrogens (tertiary/aromatic N) is 2. The van der Waals surface area contributed by atoms with Crippen LogP contribution in [-0.4, -0.2) is 21.9 Å². The van der Waals surface area contributed by atoms with Crippen molar-refractivity contribution >= 4 is 17.5 Å². The second-order valence-corrected chi connectivity index (χ2v) is 5.83. The number of alkyl halides is 3. The van der Waals surface area contributed by atoms with Gasteiger partial charge in [-0.3, -0.25) is 9.59 Å². The summed E-state index contributed by atoms with van der Waals surface area (Å²) in [4.78, 5) is 25.8. The summed E-state index contributed by atoms with van der Waals surface area (Å²) in [6.45, 7) is 1.89. The van der Waals surface area contributed by atoms with E-state index >= 15 is 0 Å². The fourth-order valence-corrected chi connectivity index (χ4v) is 2.57. The quantitative estimate of drug-likeness (QED) is 0.805. The molecule has 1 heterocycles. The molecule has 1 amide bonds. The molecule has 0 unspecified atom stereocenters. The van der Waals surface area contributed by atoms with Gasteiger partial charge in [0.05, 0.1) is 0 Å². The smallest absolute Gasteiger partial charge is 0.337 e. The Morgan fingerprint density at radius 3 is 2.56 bits per heavy atom. The zero-order chi connectivity index (χ0) is 18.6. The number of benzene rings is 1. The monoisotopic (exact) mass is 372 g/mol. The van der Waals surface area contributed by atoms with E-state index in [0.29, 0.717) is 17.6 Å². The van der Waals surface area contributed by atoms with Gasteiger partial charge in [-0.05, 0) is 36.8 Å². The molecule has 0 fully saturated rings. The fourth-order valence-electron chi connectivity index (χ4n) is 2.35. The lowest BCUT2D eigenvalue weighted by molar-refractivity contribution is -0.139. The van der Waals surface area contributed by atoms with Crippen molar-refractivity contribution in [2.75, 3.05) is 6.54 Å². The first kappa shape index (κ1) is 19.1. The highest BCUT2D eigenvalue weighted by Gasteiger charge is 2.34. The Labute approximate surface area is 147 Å². The largest absolute Gasteiger partial charge is 0.421 e. The minimum atomic E-state index is -4.76. The van der Waals surface area contributed by atoms with Crippen LogP contribution in [0.5, 0.6) is 0 Å². The molecule has 0 spiro atoms. The molecule has 25 heavy (non-hydrogen) atoms. The van der Waals surface area contributed by atoms with Crippen LogP contribution in [0.3, 0.4) is 0 Å². The predicted molar refractivity (Wildman–Crippen MR) is 88.2 cm³/mol. The Morgan fingerprint density at radius 1 is 1.24 bits per heavy atom. The van der Waals surface area contributed by atoms with E-state index in [9.17, 15) is 22.8 Å². The van der Waals surface area contributed by atoms with E-state index in [1.165, 1.54) is 11.1 Å². The lowest BCUT2D eigenvalue weighted by atomic mass is 10.2. The number of pyridine rings is 1. The van der Waals surface area contributed by atoms with Crippen LogP contribution < -0.4 is 5.56 Å². The van der Waals surface area contributed by atoms with E-state index in [1.807, 2.05) is 0 Å². The molecule has 0 aliphatic rings. The van der Waals surface area contributed by atoms with Crippen LogP contribution in [0.15, 0.2) is 47.4 Å². The number of hydrogen-bond acceptors (Lipinski definition) is 2. The molecule has 134 valence electrons. The van der Waals surface area contributed by atoms with Crippen molar-refractivity contribution in [1.29, 1.82) is 0 Å². The fraction of sp³-hybridized carbons (Fsp3) is 0.294. The van der Waals surface area contributed by atoms with Gasteiger partial charge < -0.3 is 9.47 Å². The van der Waals surface area contributed by atoms with Gasteiger partial charge in [0, 0.05) is 24.3 Å². The van der Waals surface area contributed by atoms with Gasteiger partial charge >= 0.3 is 6.18 Å². The molecule has 0 atom stereocenters. The van der Waals surface area contributed by atoms with Gasteiger partial charge in [-0.25, -0.2) is 0 Å². The van der Waals surface area contributed by atoms with Crippen LogP contribution in [0, 0.1) is 0 Å². The third-order valence-corrected chi connectivity index (χ3v) is 3.86. The lowest BCUT2D eigenvalue weighted by Gasteiger charge is -2.22. The molecule has 1 aromatic heterocycles. The highest BCUT2D eigenvalue weighted by Crippen LogP contribution is 2.26. The predicted octanol–water partition coefficient (Wildman–Crippen LogP) is 3.57. The summed E-state index contributed by atoms with van der Waals surface area (Å²) >= 11 is 5.91. The first-order valence-electron chi connectivity index (χ1n) is 7.51. The summed E-state index contributed by atoms with van der Waals surface area (Å²) in [5, 5.41) is 0.523. The number of likely N-dealkylation sites (N-methyl/N-ethyl adjacent to an activating group) is 1. The van der Waals surface area contributed by atoms with Gasteiger partial charge in [0.1, 0.15) is 12.1 Å². The zero-order valence-corrected chi connectivity index (χ0v) is 14.1. The highest BCUT2D eigenvalue weighted by atomic mass is 35.5. The number of amides is 1. The molecule has 1 aromatic carbocycles. The number of carbonyl (C=O) groups excluding carboxylic acids is 1. The van der Waals surface area contributed by atoms with Crippen molar-refractivity contribution in [2.24, 2.45) is 0 Å². The van der Waals surface area contributed by atoms with E-state index < -0.39 is 29.8 Å². The molecular formula is C17H16ClF3N2O2. The van der Waals surface area contributed by atoms with Gasteiger partial charge in [0.25, 0.3) is 5.56 Å². The second-order valence-electron chi connectivity index (χ2n) is 5.39. The van der Waals surface area contributed by atoms with E-state index in [1.54, 1.807) is 31.2 Å². The Bertz CT molecular complexity index is 818. The van der Waals surface area contributed by atoms with Gasteiger partial charge in [-0.1, -0.05) is 23.7 Å². The van der Waals surface area contributed by atoms with Gasteiger partial charge in [0.15, 0.2) is 0 Å². The standard InChI is InChI=1S/C17H16ClF3N2O2/c1-2-22(10-12-5-3-6-13(18)9-12)15(24)11-23-8-4-7-14(16(23)25)17(19,20)21/h3-9H,2,10-11H2,1H3. The second kappa shape index (κ2) is 7.74. The third kappa shape index (κ3) is 4.85. The molecule has 0 saturated carbocycles. The van der Waals surface area contributed by atoms with Crippen LogP contribution in [0.25, 0.3) is 0 Å². The maximum absolute atomic E-state index is 12.8. The van der Waals surface area contributed by atoms with Crippen molar-refractivity contribution in [3.8, 4) is 0 Å². The van der Waals surface area contributed by atoms with Crippen molar-refractivity contribution in [1.82, 2.24) is 9.47 Å². The summed E-state index contributed by atoms with van der Waals surface area (Å²) < 4.78 is 39.2. The molecule has 2 aromatic rings. The van der Waals surface area contributed by atoms with Gasteiger partial charge in [0.2, 0.25) is 5.91 Å². The van der Waals surface area contributed by atoms with E-state index in [2.05, 4.69) is 0 Å². The van der Waals surface area contributed by atoms with Crippen molar-refractivity contribution < 1.29 is 18.0 Å². The number of rotatable bonds is 5. The molecular weight excluding hydrogens is 357 g/mol. The molecule has 2 rings (SSSR count). The SMILES string of the molecule is CCN(Cc1cccc(Cl)c1)C(=O)Cn1cccc(C(F)(F)F)c1=O. The average Bonchev–Trinajstić information content (AvgIpc) is 2.53. The first-order chi connectivity index (χ1) is 11.7. The number of hydrogen-bond donors (Lipinski definition) is 0. The summed E-state index contributed by atoms with van der Waals surface area (Å²) in [7, 11) is 0. The average molecular weight is 373 g/mol. The summed E-state index contributed by atoms with van der Waals surface area (Å²) in [5.41, 5.74) is -1.73. The minimum Gasteiger partial charge on any atom is -0.337 e. The van der Waals surface area contributed by atoms with Crippen LogP contribution in [0.4, 0.5) is 13.2 Å². The van der Waals surface area contributed by atoms with E-state index in [4.69, 9.17) is 11.6 Å². The maximum Gasteiger partial charge on any atom is 0.421 e.